The number of nitrogens with one attached hydrogen (secondary N) is 1. The molecule has 0 amide bonds. The summed E-state index contributed by atoms with van der Waals surface area (Å²) in [6, 6.07) is 2.92. The van der Waals surface area contributed by atoms with Gasteiger partial charge in [0.2, 0.25) is 10.0 Å². The van der Waals surface area contributed by atoms with Gasteiger partial charge < -0.3 is 10.5 Å². The van der Waals surface area contributed by atoms with E-state index in [9.17, 15) is 8.42 Å². The van der Waals surface area contributed by atoms with Gasteiger partial charge in [0.15, 0.2) is 0 Å². The zero-order valence-corrected chi connectivity index (χ0v) is 11.7. The van der Waals surface area contributed by atoms with Gasteiger partial charge in [-0.15, -0.1) is 0 Å². The Labute approximate surface area is 112 Å². The number of aryl methyl sites for hydroxylation is 1. The second-order valence-corrected chi connectivity index (χ2v) is 5.97. The molecule has 0 saturated heterocycles. The zero-order valence-electron chi connectivity index (χ0n) is 10.2. The van der Waals surface area contributed by atoms with Crippen LogP contribution in [0.3, 0.4) is 0 Å². The molecule has 0 aliphatic heterocycles. The summed E-state index contributed by atoms with van der Waals surface area (Å²) in [5.74, 6) is 0.231. The van der Waals surface area contributed by atoms with Gasteiger partial charge in [-0.3, -0.25) is 0 Å². The highest BCUT2D eigenvalue weighted by Gasteiger charge is 2.20. The number of nitrogen functional groups attached to an aromatic ring is 1. The molecule has 0 saturated carbocycles. The van der Waals surface area contributed by atoms with Crippen LogP contribution in [-0.4, -0.2) is 22.1 Å². The molecule has 0 aliphatic rings. The van der Waals surface area contributed by atoms with Crippen molar-refractivity contribution in [2.75, 3.05) is 19.4 Å². The second kappa shape index (κ2) is 5.60. The summed E-state index contributed by atoms with van der Waals surface area (Å²) in [6.45, 7) is 5.12. The summed E-state index contributed by atoms with van der Waals surface area (Å²) < 4.78 is 31.4. The van der Waals surface area contributed by atoms with Gasteiger partial charge in [-0.25, -0.2) is 13.1 Å². The first-order valence-corrected chi connectivity index (χ1v) is 6.91. The van der Waals surface area contributed by atoms with Gasteiger partial charge in [-0.05, 0) is 24.6 Å². The van der Waals surface area contributed by atoms with E-state index in [1.807, 2.05) is 0 Å². The molecule has 100 valence electrons. The maximum Gasteiger partial charge on any atom is 0.244 e. The Balaban J connectivity index is 3.23. The van der Waals surface area contributed by atoms with E-state index < -0.39 is 10.0 Å². The molecule has 0 atom stereocenters. The summed E-state index contributed by atoms with van der Waals surface area (Å²) in [5, 5.41) is 0.192. The third kappa shape index (κ3) is 3.38. The van der Waals surface area contributed by atoms with Crippen molar-refractivity contribution in [1.29, 1.82) is 0 Å². The number of methoxy groups -OCH3 is 1. The molecule has 0 heterocycles. The minimum atomic E-state index is -3.74. The molecule has 0 fully saturated rings. The van der Waals surface area contributed by atoms with Crippen LogP contribution in [0, 0.1) is 6.92 Å². The molecule has 1 rings (SSSR count). The molecule has 7 heteroatoms. The minimum absolute atomic E-state index is 0.0222. The molecule has 0 bridgehead atoms. The van der Waals surface area contributed by atoms with Crippen molar-refractivity contribution in [3.8, 4) is 5.75 Å². The largest absolute Gasteiger partial charge is 0.495 e. The molecule has 1 aromatic rings. The molecular weight excluding hydrogens is 276 g/mol. The Kier molecular flexibility index (Phi) is 4.61. The van der Waals surface area contributed by atoms with E-state index in [2.05, 4.69) is 11.3 Å². The molecule has 0 unspecified atom stereocenters. The van der Waals surface area contributed by atoms with Crippen molar-refractivity contribution in [2.24, 2.45) is 0 Å². The topological polar surface area (TPSA) is 81.4 Å². The summed E-state index contributed by atoms with van der Waals surface area (Å²) >= 11 is 5.52. The second-order valence-electron chi connectivity index (χ2n) is 3.70. The van der Waals surface area contributed by atoms with E-state index in [4.69, 9.17) is 22.1 Å². The molecular formula is C11H15ClN2O3S. The summed E-state index contributed by atoms with van der Waals surface area (Å²) in [6.07, 6.45) is 0. The number of ether oxygens (including phenoxy) is 1. The van der Waals surface area contributed by atoms with E-state index in [0.29, 0.717) is 5.69 Å². The zero-order chi connectivity index (χ0) is 13.9. The van der Waals surface area contributed by atoms with Gasteiger partial charge in [-0.1, -0.05) is 18.2 Å². The number of halogens is 1. The first kappa shape index (κ1) is 14.8. The SMILES string of the molecule is C=C(Cl)CNS(=O)(=O)c1cc(N)c(C)cc1OC. The Hall–Kier alpha value is -1.24. The van der Waals surface area contributed by atoms with Gasteiger partial charge in [0, 0.05) is 17.3 Å². The minimum Gasteiger partial charge on any atom is -0.495 e. The Bertz CT molecular complexity index is 570. The number of anilines is 1. The Morgan fingerprint density at radius 2 is 2.17 bits per heavy atom. The van der Waals surface area contributed by atoms with Gasteiger partial charge in [-0.2, -0.15) is 0 Å². The Morgan fingerprint density at radius 1 is 1.56 bits per heavy atom. The molecule has 0 spiro atoms. The fraction of sp³-hybridized carbons (Fsp3) is 0.273. The van der Waals surface area contributed by atoms with Gasteiger partial charge in [0.1, 0.15) is 10.6 Å². The number of benzene rings is 1. The van der Waals surface area contributed by atoms with Crippen molar-refractivity contribution >= 4 is 27.3 Å². The van der Waals surface area contributed by atoms with E-state index in [-0.39, 0.29) is 22.2 Å². The van der Waals surface area contributed by atoms with Gasteiger partial charge >= 0.3 is 0 Å². The quantitative estimate of drug-likeness (QED) is 0.807. The summed E-state index contributed by atoms with van der Waals surface area (Å²) in [7, 11) is -2.34. The monoisotopic (exact) mass is 290 g/mol. The number of hydrogen-bond acceptors (Lipinski definition) is 4. The van der Waals surface area contributed by atoms with Crippen LogP contribution >= 0.6 is 11.6 Å². The average molecular weight is 291 g/mol. The van der Waals surface area contributed by atoms with Crippen LogP contribution in [0.2, 0.25) is 0 Å². The number of rotatable bonds is 5. The normalized spacial score (nSPS) is 11.3. The standard InChI is InChI=1S/C11H15ClN2O3S/c1-7-4-10(17-3)11(5-9(7)13)18(15,16)14-6-8(2)12/h4-5,14H,2,6,13H2,1,3H3. The molecule has 0 aliphatic carbocycles. The van der Waals surface area contributed by atoms with Crippen LogP contribution < -0.4 is 15.2 Å². The molecule has 0 aromatic heterocycles. The van der Waals surface area contributed by atoms with Crippen molar-refractivity contribution in [2.45, 2.75) is 11.8 Å². The first-order valence-electron chi connectivity index (χ1n) is 5.05. The van der Waals surface area contributed by atoms with Gasteiger partial charge in [0.25, 0.3) is 0 Å². The van der Waals surface area contributed by atoms with Crippen LogP contribution in [0.4, 0.5) is 5.69 Å². The summed E-state index contributed by atoms with van der Waals surface area (Å²) in [4.78, 5) is -0.0222. The van der Waals surface area contributed by atoms with E-state index >= 15 is 0 Å². The lowest BCUT2D eigenvalue weighted by molar-refractivity contribution is 0.402. The molecule has 0 radical (unpaired) electrons. The fourth-order valence-electron chi connectivity index (χ4n) is 1.30. The molecule has 5 nitrogen and oxygen atoms in total. The van der Waals surface area contributed by atoms with Gasteiger partial charge in [0.05, 0.1) is 7.11 Å². The van der Waals surface area contributed by atoms with Crippen LogP contribution in [0.15, 0.2) is 28.6 Å². The maximum atomic E-state index is 12.0. The molecule has 18 heavy (non-hydrogen) atoms. The van der Waals surface area contributed by atoms with Crippen LogP contribution in [0.1, 0.15) is 5.56 Å². The van der Waals surface area contributed by atoms with Crippen LogP contribution in [-0.2, 0) is 10.0 Å². The van der Waals surface area contributed by atoms with Crippen LogP contribution in [0.5, 0.6) is 5.75 Å². The highest BCUT2D eigenvalue weighted by Crippen LogP contribution is 2.28. The number of nitrogens with two attached hydrogens (primary N) is 1. The maximum absolute atomic E-state index is 12.0. The number of hydrogen-bond donors (Lipinski definition) is 2. The van der Waals surface area contributed by atoms with Crippen molar-refractivity contribution in [3.05, 3.63) is 29.3 Å². The van der Waals surface area contributed by atoms with Crippen LogP contribution in [0.25, 0.3) is 0 Å². The fourth-order valence-corrected chi connectivity index (χ4v) is 2.65. The Morgan fingerprint density at radius 3 is 2.67 bits per heavy atom. The smallest absolute Gasteiger partial charge is 0.244 e. The predicted molar refractivity (Wildman–Crippen MR) is 72.3 cm³/mol. The van der Waals surface area contributed by atoms with E-state index in [0.717, 1.165) is 5.56 Å². The predicted octanol–water partition coefficient (Wildman–Crippen LogP) is 1.62. The summed E-state index contributed by atoms with van der Waals surface area (Å²) in [5.41, 5.74) is 6.82. The molecule has 3 N–H and O–H groups in total. The highest BCUT2D eigenvalue weighted by atomic mass is 35.5. The first-order chi connectivity index (χ1) is 8.27. The third-order valence-corrected chi connectivity index (χ3v) is 3.85. The highest BCUT2D eigenvalue weighted by molar-refractivity contribution is 7.89. The van der Waals surface area contributed by atoms with Crippen molar-refractivity contribution < 1.29 is 13.2 Å². The van der Waals surface area contributed by atoms with E-state index in [1.165, 1.54) is 13.2 Å². The molecule has 1 aromatic carbocycles. The van der Waals surface area contributed by atoms with E-state index in [1.54, 1.807) is 13.0 Å². The lowest BCUT2D eigenvalue weighted by Gasteiger charge is -2.12. The van der Waals surface area contributed by atoms with Crippen molar-refractivity contribution in [3.63, 3.8) is 0 Å². The lowest BCUT2D eigenvalue weighted by atomic mass is 10.2. The van der Waals surface area contributed by atoms with Crippen molar-refractivity contribution in [1.82, 2.24) is 4.72 Å². The number of sulfonamides is 1. The third-order valence-electron chi connectivity index (χ3n) is 2.30. The average Bonchev–Trinajstić information content (AvgIpc) is 2.29. The lowest BCUT2D eigenvalue weighted by Crippen LogP contribution is -2.25.